The minimum absolute atomic E-state index is 0.0975. The van der Waals surface area contributed by atoms with Crippen LogP contribution in [0.15, 0.2) is 60.7 Å². The minimum atomic E-state index is -0.661. The number of carbonyl (C=O) groups is 2. The van der Waals surface area contributed by atoms with Crippen molar-refractivity contribution >= 4 is 17.7 Å². The molecule has 4 N–H and O–H groups in total. The standard InChI is InChI=1S/C23H25N3O5/c1-23(2,14-4-3-5-20(28)26-30)21(17-8-12-19(27)13-9-17)31-22(29)25-18-10-6-16(15-24)7-11-18/h3,5-13,21,27,30H,4,14H2,1-2H3,(H,25,29)(H,26,28)/b5-3+/t21-/m1/s1. The van der Waals surface area contributed by atoms with Gasteiger partial charge in [-0.05, 0) is 54.8 Å². The molecule has 162 valence electrons. The summed E-state index contributed by atoms with van der Waals surface area (Å²) < 4.78 is 5.76. The van der Waals surface area contributed by atoms with E-state index in [0.29, 0.717) is 29.7 Å². The highest BCUT2D eigenvalue weighted by molar-refractivity contribution is 5.86. The summed E-state index contributed by atoms with van der Waals surface area (Å²) in [7, 11) is 0. The van der Waals surface area contributed by atoms with Gasteiger partial charge in [0.05, 0.1) is 11.6 Å². The Labute approximate surface area is 180 Å². The second kappa shape index (κ2) is 10.8. The fraction of sp³-hybridized carbons (Fsp3) is 0.261. The van der Waals surface area contributed by atoms with E-state index in [2.05, 4.69) is 5.32 Å². The molecule has 2 aromatic rings. The lowest BCUT2D eigenvalue weighted by Gasteiger charge is -2.34. The highest BCUT2D eigenvalue weighted by Crippen LogP contribution is 2.41. The van der Waals surface area contributed by atoms with Crippen LogP contribution in [0.3, 0.4) is 0 Å². The third kappa shape index (κ3) is 7.17. The summed E-state index contributed by atoms with van der Waals surface area (Å²) in [5, 5.41) is 29.7. The number of anilines is 1. The number of rotatable bonds is 8. The normalized spacial score (nSPS) is 12.1. The number of phenolic OH excluding ortho intramolecular Hbond substituents is 1. The Morgan fingerprint density at radius 2 is 1.81 bits per heavy atom. The zero-order valence-corrected chi connectivity index (χ0v) is 17.3. The molecule has 0 spiro atoms. The lowest BCUT2D eigenvalue weighted by molar-refractivity contribution is -0.124. The summed E-state index contributed by atoms with van der Waals surface area (Å²) in [4.78, 5) is 23.7. The van der Waals surface area contributed by atoms with E-state index >= 15 is 0 Å². The van der Waals surface area contributed by atoms with Gasteiger partial charge in [-0.15, -0.1) is 0 Å². The Kier molecular flexibility index (Phi) is 8.17. The lowest BCUT2D eigenvalue weighted by atomic mass is 9.78. The summed E-state index contributed by atoms with van der Waals surface area (Å²) in [5.41, 5.74) is 2.67. The van der Waals surface area contributed by atoms with Gasteiger partial charge in [0.1, 0.15) is 11.9 Å². The van der Waals surface area contributed by atoms with Gasteiger partial charge in [0.2, 0.25) is 0 Å². The van der Waals surface area contributed by atoms with Crippen molar-refractivity contribution in [3.8, 4) is 11.8 Å². The van der Waals surface area contributed by atoms with Crippen LogP contribution >= 0.6 is 0 Å². The molecule has 0 fully saturated rings. The number of nitriles is 1. The van der Waals surface area contributed by atoms with E-state index in [9.17, 15) is 14.7 Å². The summed E-state index contributed by atoms with van der Waals surface area (Å²) in [6, 6.07) is 14.8. The molecule has 0 bridgehead atoms. The number of allylic oxidation sites excluding steroid dienone is 1. The zero-order chi connectivity index (χ0) is 22.9. The van der Waals surface area contributed by atoms with E-state index in [1.807, 2.05) is 19.9 Å². The van der Waals surface area contributed by atoms with E-state index in [-0.39, 0.29) is 5.75 Å². The average Bonchev–Trinajstić information content (AvgIpc) is 2.76. The lowest BCUT2D eigenvalue weighted by Crippen LogP contribution is -2.29. The number of hydroxylamine groups is 1. The number of carbonyl (C=O) groups excluding carboxylic acids is 2. The number of amides is 2. The molecule has 0 radical (unpaired) electrons. The van der Waals surface area contributed by atoms with Crippen LogP contribution in [0.2, 0.25) is 0 Å². The molecule has 2 amide bonds. The Morgan fingerprint density at radius 3 is 2.39 bits per heavy atom. The average molecular weight is 423 g/mol. The third-order valence-electron chi connectivity index (χ3n) is 4.73. The van der Waals surface area contributed by atoms with Gasteiger partial charge in [-0.3, -0.25) is 15.3 Å². The molecule has 8 nitrogen and oxygen atoms in total. The maximum Gasteiger partial charge on any atom is 0.412 e. The molecule has 0 aromatic heterocycles. The van der Waals surface area contributed by atoms with Crippen LogP contribution in [0.25, 0.3) is 0 Å². The maximum absolute atomic E-state index is 12.6. The Hall–Kier alpha value is -3.83. The van der Waals surface area contributed by atoms with E-state index < -0.39 is 23.5 Å². The maximum atomic E-state index is 12.6. The van der Waals surface area contributed by atoms with E-state index in [1.165, 1.54) is 23.7 Å². The van der Waals surface area contributed by atoms with Gasteiger partial charge in [0.25, 0.3) is 5.91 Å². The summed E-state index contributed by atoms with van der Waals surface area (Å²) in [6.07, 6.45) is 2.62. The first-order valence-corrected chi connectivity index (χ1v) is 9.62. The van der Waals surface area contributed by atoms with Crippen molar-refractivity contribution in [3.05, 3.63) is 71.8 Å². The second-order valence-electron chi connectivity index (χ2n) is 7.60. The van der Waals surface area contributed by atoms with Gasteiger partial charge < -0.3 is 9.84 Å². The van der Waals surface area contributed by atoms with Gasteiger partial charge in [0.15, 0.2) is 0 Å². The van der Waals surface area contributed by atoms with Gasteiger partial charge >= 0.3 is 6.09 Å². The molecule has 8 heteroatoms. The molecule has 2 aromatic carbocycles. The van der Waals surface area contributed by atoms with Crippen molar-refractivity contribution in [2.75, 3.05) is 5.32 Å². The van der Waals surface area contributed by atoms with Crippen molar-refractivity contribution in [2.45, 2.75) is 32.8 Å². The fourth-order valence-corrected chi connectivity index (χ4v) is 3.02. The number of benzene rings is 2. The monoisotopic (exact) mass is 423 g/mol. The molecule has 0 unspecified atom stereocenters. The molecular formula is C23H25N3O5. The van der Waals surface area contributed by atoms with Crippen LogP contribution in [0.1, 0.15) is 43.9 Å². The summed E-state index contributed by atoms with van der Waals surface area (Å²) in [5.74, 6) is -0.522. The van der Waals surface area contributed by atoms with E-state index in [4.69, 9.17) is 15.2 Å². The van der Waals surface area contributed by atoms with Crippen molar-refractivity contribution < 1.29 is 24.6 Å². The predicted octanol–water partition coefficient (Wildman–Crippen LogP) is 4.42. The Balaban J connectivity index is 2.16. The number of hydrogen-bond acceptors (Lipinski definition) is 6. The molecule has 1 atom stereocenters. The molecule has 0 heterocycles. The minimum Gasteiger partial charge on any atom is -0.508 e. The predicted molar refractivity (Wildman–Crippen MR) is 114 cm³/mol. The van der Waals surface area contributed by atoms with Crippen molar-refractivity contribution in [1.82, 2.24) is 5.48 Å². The first kappa shape index (κ1) is 23.4. The van der Waals surface area contributed by atoms with Gasteiger partial charge in [-0.2, -0.15) is 5.26 Å². The van der Waals surface area contributed by atoms with Crippen molar-refractivity contribution in [2.24, 2.45) is 5.41 Å². The second-order valence-corrected chi connectivity index (χ2v) is 7.60. The number of phenols is 1. The molecule has 31 heavy (non-hydrogen) atoms. The zero-order valence-electron chi connectivity index (χ0n) is 17.3. The summed E-state index contributed by atoms with van der Waals surface area (Å²) >= 11 is 0. The van der Waals surface area contributed by atoms with Crippen LogP contribution in [0.4, 0.5) is 10.5 Å². The van der Waals surface area contributed by atoms with Crippen LogP contribution in [0.5, 0.6) is 5.75 Å². The van der Waals surface area contributed by atoms with Crippen molar-refractivity contribution in [3.63, 3.8) is 0 Å². The van der Waals surface area contributed by atoms with Crippen LogP contribution in [0, 0.1) is 16.7 Å². The largest absolute Gasteiger partial charge is 0.508 e. The quantitative estimate of drug-likeness (QED) is 0.282. The van der Waals surface area contributed by atoms with Crippen LogP contribution in [-0.2, 0) is 9.53 Å². The Morgan fingerprint density at radius 1 is 1.16 bits per heavy atom. The first-order chi connectivity index (χ1) is 14.7. The Bertz CT molecular complexity index is 960. The van der Waals surface area contributed by atoms with E-state index in [0.717, 1.165) is 0 Å². The number of nitrogens with one attached hydrogen (secondary N) is 2. The van der Waals surface area contributed by atoms with Crippen LogP contribution in [-0.4, -0.2) is 22.3 Å². The first-order valence-electron chi connectivity index (χ1n) is 9.62. The van der Waals surface area contributed by atoms with E-state index in [1.54, 1.807) is 42.5 Å². The fourth-order valence-electron chi connectivity index (χ4n) is 3.02. The number of nitrogens with zero attached hydrogens (tertiary/aromatic N) is 1. The third-order valence-corrected chi connectivity index (χ3v) is 4.73. The van der Waals surface area contributed by atoms with Gasteiger partial charge in [-0.1, -0.05) is 32.1 Å². The molecule has 0 aliphatic carbocycles. The highest BCUT2D eigenvalue weighted by Gasteiger charge is 2.33. The van der Waals surface area contributed by atoms with Gasteiger partial charge in [0, 0.05) is 17.2 Å². The molecule has 0 aliphatic rings. The molecule has 0 saturated heterocycles. The molecular weight excluding hydrogens is 398 g/mol. The van der Waals surface area contributed by atoms with Crippen LogP contribution < -0.4 is 10.8 Å². The SMILES string of the molecule is CC(C)(CC/C=C/C(=O)NO)[C@H](OC(=O)Nc1ccc(C#N)cc1)c1ccc(O)cc1. The number of aromatic hydroxyl groups is 1. The smallest absolute Gasteiger partial charge is 0.412 e. The molecule has 0 saturated carbocycles. The summed E-state index contributed by atoms with van der Waals surface area (Å²) in [6.45, 7) is 3.86. The highest BCUT2D eigenvalue weighted by atomic mass is 16.6. The number of hydrogen-bond donors (Lipinski definition) is 4. The number of ether oxygens (including phenoxy) is 1. The van der Waals surface area contributed by atoms with Crippen molar-refractivity contribution in [1.29, 1.82) is 5.26 Å². The molecule has 0 aliphatic heterocycles. The van der Waals surface area contributed by atoms with Gasteiger partial charge in [-0.25, -0.2) is 10.3 Å². The topological polar surface area (TPSA) is 132 Å². The molecule has 2 rings (SSSR count).